The maximum absolute atomic E-state index is 14.8. The molecule has 0 unspecified atom stereocenters. The molecule has 0 aliphatic carbocycles. The van der Waals surface area contributed by atoms with Gasteiger partial charge in [-0.3, -0.25) is 0 Å². The average Bonchev–Trinajstić information content (AvgIpc) is 2.70. The Balaban J connectivity index is 1.52. The molecular weight excluding hydrogens is 365 g/mol. The van der Waals surface area contributed by atoms with Crippen molar-refractivity contribution >= 4 is 34.0 Å². The number of nitrogens with zero attached hydrogens (tertiary/aromatic N) is 3. The van der Waals surface area contributed by atoms with Crippen molar-refractivity contribution in [3.63, 3.8) is 0 Å². The fourth-order valence-electron chi connectivity index (χ4n) is 3.33. The van der Waals surface area contributed by atoms with Gasteiger partial charge in [0.2, 0.25) is 0 Å². The summed E-state index contributed by atoms with van der Waals surface area (Å²) in [7, 11) is 0. The zero-order valence-electron chi connectivity index (χ0n) is 14.9. The summed E-state index contributed by atoms with van der Waals surface area (Å²) in [5.41, 5.74) is 2.53. The van der Waals surface area contributed by atoms with Crippen LogP contribution in [-0.2, 0) is 6.42 Å². The molecule has 0 spiro atoms. The van der Waals surface area contributed by atoms with Crippen LogP contribution in [0.25, 0.3) is 10.9 Å². The third-order valence-electron chi connectivity index (χ3n) is 4.78. The Morgan fingerprint density at radius 1 is 1.11 bits per heavy atom. The molecule has 7 heteroatoms. The number of fused-ring (bicyclic) bond motifs is 1. The molecule has 1 fully saturated rings. The SMILES string of the molecule is Fc1cc2c(NCCc3ccc(Cl)cc3)ncnc2cc1N1CCNCC1. The molecule has 3 aromatic rings. The van der Waals surface area contributed by atoms with E-state index in [-0.39, 0.29) is 5.82 Å². The molecule has 0 atom stereocenters. The van der Waals surface area contributed by atoms with Crippen molar-refractivity contribution in [2.75, 3.05) is 42.9 Å². The van der Waals surface area contributed by atoms with Gasteiger partial charge in [0.25, 0.3) is 0 Å². The van der Waals surface area contributed by atoms with Gasteiger partial charge in [-0.2, -0.15) is 0 Å². The molecule has 0 bridgehead atoms. The lowest BCUT2D eigenvalue weighted by atomic mass is 10.1. The lowest BCUT2D eigenvalue weighted by molar-refractivity contribution is 0.567. The Morgan fingerprint density at radius 3 is 2.67 bits per heavy atom. The number of rotatable bonds is 5. The first-order valence-electron chi connectivity index (χ1n) is 9.09. The Hall–Kier alpha value is -2.44. The lowest BCUT2D eigenvalue weighted by Crippen LogP contribution is -2.43. The van der Waals surface area contributed by atoms with Gasteiger partial charge in [-0.15, -0.1) is 0 Å². The molecule has 27 heavy (non-hydrogen) atoms. The quantitative estimate of drug-likeness (QED) is 0.704. The minimum Gasteiger partial charge on any atom is -0.369 e. The summed E-state index contributed by atoms with van der Waals surface area (Å²) < 4.78 is 14.8. The Labute approximate surface area is 162 Å². The number of halogens is 2. The topological polar surface area (TPSA) is 53.1 Å². The Morgan fingerprint density at radius 2 is 1.89 bits per heavy atom. The van der Waals surface area contributed by atoms with Gasteiger partial charge in [0.1, 0.15) is 18.0 Å². The number of piperazine rings is 1. The van der Waals surface area contributed by atoms with Crippen LogP contribution in [0, 0.1) is 5.82 Å². The molecule has 0 saturated carbocycles. The summed E-state index contributed by atoms with van der Waals surface area (Å²) in [6.07, 6.45) is 2.34. The van der Waals surface area contributed by atoms with Crippen molar-refractivity contribution in [1.82, 2.24) is 15.3 Å². The van der Waals surface area contributed by atoms with Gasteiger partial charge < -0.3 is 15.5 Å². The summed E-state index contributed by atoms with van der Waals surface area (Å²) >= 11 is 5.92. The molecule has 2 heterocycles. The van der Waals surface area contributed by atoms with Crippen molar-refractivity contribution in [1.29, 1.82) is 0 Å². The van der Waals surface area contributed by atoms with E-state index in [0.29, 0.717) is 23.4 Å². The molecule has 4 rings (SSSR count). The maximum atomic E-state index is 14.8. The number of benzene rings is 2. The first-order valence-corrected chi connectivity index (χ1v) is 9.47. The van der Waals surface area contributed by atoms with Crippen LogP contribution in [0.15, 0.2) is 42.7 Å². The molecule has 1 aromatic heterocycles. The summed E-state index contributed by atoms with van der Waals surface area (Å²) in [6, 6.07) is 11.1. The minimum absolute atomic E-state index is 0.236. The number of anilines is 2. The highest BCUT2D eigenvalue weighted by Crippen LogP contribution is 2.28. The Kier molecular flexibility index (Phi) is 5.36. The molecule has 0 radical (unpaired) electrons. The molecule has 140 valence electrons. The van der Waals surface area contributed by atoms with Crippen LogP contribution in [0.4, 0.5) is 15.9 Å². The first kappa shape index (κ1) is 17.9. The maximum Gasteiger partial charge on any atom is 0.147 e. The molecule has 2 aromatic carbocycles. The summed E-state index contributed by atoms with van der Waals surface area (Å²) in [5.74, 6) is 0.416. The highest BCUT2D eigenvalue weighted by atomic mass is 35.5. The van der Waals surface area contributed by atoms with Crippen LogP contribution in [-0.4, -0.2) is 42.7 Å². The lowest BCUT2D eigenvalue weighted by Gasteiger charge is -2.29. The molecule has 1 aliphatic rings. The summed E-state index contributed by atoms with van der Waals surface area (Å²) in [4.78, 5) is 10.7. The minimum atomic E-state index is -0.236. The summed E-state index contributed by atoms with van der Waals surface area (Å²) in [6.45, 7) is 3.99. The normalized spacial score (nSPS) is 14.5. The van der Waals surface area contributed by atoms with Crippen molar-refractivity contribution < 1.29 is 4.39 Å². The fourth-order valence-corrected chi connectivity index (χ4v) is 3.46. The second-order valence-corrected chi connectivity index (χ2v) is 7.02. The van der Waals surface area contributed by atoms with E-state index in [4.69, 9.17) is 11.6 Å². The zero-order chi connectivity index (χ0) is 18.6. The molecular formula is C20H21ClFN5. The van der Waals surface area contributed by atoms with E-state index in [1.165, 1.54) is 18.0 Å². The molecule has 1 saturated heterocycles. The smallest absolute Gasteiger partial charge is 0.147 e. The van der Waals surface area contributed by atoms with Crippen LogP contribution >= 0.6 is 11.6 Å². The molecule has 1 aliphatic heterocycles. The van der Waals surface area contributed by atoms with Gasteiger partial charge in [0, 0.05) is 43.1 Å². The van der Waals surface area contributed by atoms with Crippen LogP contribution in [0.5, 0.6) is 0 Å². The van der Waals surface area contributed by atoms with Crippen LogP contribution < -0.4 is 15.5 Å². The largest absolute Gasteiger partial charge is 0.369 e. The number of nitrogens with one attached hydrogen (secondary N) is 2. The monoisotopic (exact) mass is 385 g/mol. The number of aromatic nitrogens is 2. The fraction of sp³-hybridized carbons (Fsp3) is 0.300. The number of hydrogen-bond donors (Lipinski definition) is 2. The molecule has 2 N–H and O–H groups in total. The second-order valence-electron chi connectivity index (χ2n) is 6.58. The average molecular weight is 386 g/mol. The van der Waals surface area contributed by atoms with Gasteiger partial charge >= 0.3 is 0 Å². The van der Waals surface area contributed by atoms with E-state index in [0.717, 1.165) is 43.1 Å². The molecule has 0 amide bonds. The van der Waals surface area contributed by atoms with Gasteiger partial charge in [-0.1, -0.05) is 23.7 Å². The van der Waals surface area contributed by atoms with E-state index in [9.17, 15) is 4.39 Å². The zero-order valence-corrected chi connectivity index (χ0v) is 15.6. The van der Waals surface area contributed by atoms with Crippen molar-refractivity contribution in [2.45, 2.75) is 6.42 Å². The summed E-state index contributed by atoms with van der Waals surface area (Å²) in [5, 5.41) is 8.01. The molecule has 5 nitrogen and oxygen atoms in total. The van der Waals surface area contributed by atoms with Crippen molar-refractivity contribution in [3.05, 3.63) is 59.1 Å². The predicted molar refractivity (Wildman–Crippen MR) is 108 cm³/mol. The van der Waals surface area contributed by atoms with Crippen LogP contribution in [0.3, 0.4) is 0 Å². The van der Waals surface area contributed by atoms with Crippen LogP contribution in [0.2, 0.25) is 5.02 Å². The van der Waals surface area contributed by atoms with E-state index >= 15 is 0 Å². The van der Waals surface area contributed by atoms with Crippen molar-refractivity contribution in [3.8, 4) is 0 Å². The standard InChI is InChI=1S/C20H21ClFN5/c21-15-3-1-14(2-4-15)5-6-24-20-16-11-17(22)19(12-18(16)25-13-26-20)27-9-7-23-8-10-27/h1-4,11-13,23H,5-10H2,(H,24,25,26). The second kappa shape index (κ2) is 8.06. The third-order valence-corrected chi connectivity index (χ3v) is 5.03. The third kappa shape index (κ3) is 4.12. The predicted octanol–water partition coefficient (Wildman–Crippen LogP) is 3.49. The van der Waals surface area contributed by atoms with Gasteiger partial charge in [0.05, 0.1) is 11.2 Å². The Bertz CT molecular complexity index is 926. The van der Waals surface area contributed by atoms with Gasteiger partial charge in [-0.05, 0) is 36.2 Å². The highest BCUT2D eigenvalue weighted by molar-refractivity contribution is 6.30. The van der Waals surface area contributed by atoms with E-state index in [1.54, 1.807) is 0 Å². The van der Waals surface area contributed by atoms with E-state index in [2.05, 4.69) is 25.5 Å². The van der Waals surface area contributed by atoms with Crippen molar-refractivity contribution in [2.24, 2.45) is 0 Å². The number of hydrogen-bond acceptors (Lipinski definition) is 5. The van der Waals surface area contributed by atoms with Gasteiger partial charge in [0.15, 0.2) is 0 Å². The first-order chi connectivity index (χ1) is 13.2. The van der Waals surface area contributed by atoms with E-state index in [1.807, 2.05) is 30.3 Å². The van der Waals surface area contributed by atoms with Crippen LogP contribution in [0.1, 0.15) is 5.56 Å². The van der Waals surface area contributed by atoms with E-state index < -0.39 is 0 Å². The highest BCUT2D eigenvalue weighted by Gasteiger charge is 2.17. The van der Waals surface area contributed by atoms with Gasteiger partial charge in [-0.25, -0.2) is 14.4 Å².